The number of carbonyl (C=O) groups is 2. The molecule has 2 heterocycles. The molecule has 0 saturated carbocycles. The van der Waals surface area contributed by atoms with Crippen molar-refractivity contribution in [1.82, 2.24) is 4.57 Å². The lowest BCUT2D eigenvalue weighted by Crippen LogP contribution is -2.22. The SMILES string of the molecule is Cc1cc2n(c1C(=O)c1ccccc1F)CCCCC2C(=O)OC(C)C. The number of halogens is 1. The van der Waals surface area contributed by atoms with Crippen LogP contribution in [0.3, 0.4) is 0 Å². The van der Waals surface area contributed by atoms with Crippen molar-refractivity contribution in [2.45, 2.75) is 58.6 Å². The molecule has 4 nitrogen and oxygen atoms in total. The van der Waals surface area contributed by atoms with Gasteiger partial charge in [-0.1, -0.05) is 18.6 Å². The first-order valence-electron chi connectivity index (χ1n) is 9.10. The summed E-state index contributed by atoms with van der Waals surface area (Å²) in [6.07, 6.45) is 2.26. The van der Waals surface area contributed by atoms with E-state index in [0.717, 1.165) is 24.1 Å². The zero-order chi connectivity index (χ0) is 18.8. The maximum absolute atomic E-state index is 14.1. The average Bonchev–Trinajstić information content (AvgIpc) is 2.76. The normalized spacial score (nSPS) is 16.9. The van der Waals surface area contributed by atoms with Gasteiger partial charge in [-0.2, -0.15) is 0 Å². The van der Waals surface area contributed by atoms with Crippen LogP contribution in [0.2, 0.25) is 0 Å². The molecule has 0 radical (unpaired) electrons. The number of rotatable bonds is 4. The Labute approximate surface area is 153 Å². The summed E-state index contributed by atoms with van der Waals surface area (Å²) in [6, 6.07) is 7.89. The van der Waals surface area contributed by atoms with Crippen LogP contribution < -0.4 is 0 Å². The van der Waals surface area contributed by atoms with Crippen molar-refractivity contribution in [3.63, 3.8) is 0 Å². The van der Waals surface area contributed by atoms with Crippen molar-refractivity contribution in [1.29, 1.82) is 0 Å². The van der Waals surface area contributed by atoms with Crippen LogP contribution in [-0.2, 0) is 16.1 Å². The van der Waals surface area contributed by atoms with E-state index in [1.807, 2.05) is 31.4 Å². The van der Waals surface area contributed by atoms with Crippen LogP contribution in [0.25, 0.3) is 0 Å². The van der Waals surface area contributed by atoms with Gasteiger partial charge >= 0.3 is 5.97 Å². The summed E-state index contributed by atoms with van der Waals surface area (Å²) in [7, 11) is 0. The fraction of sp³-hybridized carbons (Fsp3) is 0.429. The van der Waals surface area contributed by atoms with E-state index in [1.165, 1.54) is 12.1 Å². The van der Waals surface area contributed by atoms with E-state index in [-0.39, 0.29) is 29.3 Å². The Balaban J connectivity index is 2.05. The molecule has 138 valence electrons. The third-order valence-corrected chi connectivity index (χ3v) is 4.77. The Morgan fingerprint density at radius 3 is 2.65 bits per heavy atom. The molecule has 26 heavy (non-hydrogen) atoms. The van der Waals surface area contributed by atoms with Crippen molar-refractivity contribution in [3.05, 3.63) is 58.7 Å². The first kappa shape index (κ1) is 18.4. The van der Waals surface area contributed by atoms with Gasteiger partial charge in [0.1, 0.15) is 5.82 Å². The van der Waals surface area contributed by atoms with Gasteiger partial charge in [0.15, 0.2) is 0 Å². The van der Waals surface area contributed by atoms with Crippen LogP contribution in [0.15, 0.2) is 30.3 Å². The monoisotopic (exact) mass is 357 g/mol. The zero-order valence-electron chi connectivity index (χ0n) is 15.4. The van der Waals surface area contributed by atoms with Crippen LogP contribution in [0, 0.1) is 12.7 Å². The molecule has 1 aromatic heterocycles. The highest BCUT2D eigenvalue weighted by Crippen LogP contribution is 2.33. The number of hydrogen-bond acceptors (Lipinski definition) is 3. The van der Waals surface area contributed by atoms with E-state index >= 15 is 0 Å². The van der Waals surface area contributed by atoms with Crippen molar-refractivity contribution in [3.8, 4) is 0 Å². The summed E-state index contributed by atoms with van der Waals surface area (Å²) >= 11 is 0. The van der Waals surface area contributed by atoms with Gasteiger partial charge in [0.05, 0.1) is 23.3 Å². The molecule has 0 saturated heterocycles. The number of fused-ring (bicyclic) bond motifs is 1. The summed E-state index contributed by atoms with van der Waals surface area (Å²) in [5.41, 5.74) is 2.08. The minimum atomic E-state index is -0.531. The molecule has 2 aromatic rings. The quantitative estimate of drug-likeness (QED) is 0.602. The number of benzene rings is 1. The Bertz CT molecular complexity index is 838. The smallest absolute Gasteiger partial charge is 0.315 e. The fourth-order valence-corrected chi connectivity index (χ4v) is 3.63. The molecule has 0 bridgehead atoms. The second-order valence-corrected chi connectivity index (χ2v) is 7.10. The van der Waals surface area contributed by atoms with Crippen LogP contribution in [0.5, 0.6) is 0 Å². The van der Waals surface area contributed by atoms with Gasteiger partial charge in [-0.25, -0.2) is 4.39 Å². The molecule has 1 aliphatic heterocycles. The van der Waals surface area contributed by atoms with E-state index in [0.29, 0.717) is 18.7 Å². The zero-order valence-corrected chi connectivity index (χ0v) is 15.4. The predicted octanol–water partition coefficient (Wildman–Crippen LogP) is 4.39. The molecule has 0 N–H and O–H groups in total. The maximum atomic E-state index is 14.1. The fourth-order valence-electron chi connectivity index (χ4n) is 3.63. The second kappa shape index (κ2) is 7.44. The summed E-state index contributed by atoms with van der Waals surface area (Å²) in [5, 5.41) is 0. The van der Waals surface area contributed by atoms with Crippen molar-refractivity contribution in [2.75, 3.05) is 0 Å². The minimum Gasteiger partial charge on any atom is -0.462 e. The molecule has 0 fully saturated rings. The number of aryl methyl sites for hydroxylation is 1. The molecule has 0 aliphatic carbocycles. The molecule has 0 spiro atoms. The number of ether oxygens (including phenoxy) is 1. The number of ketones is 1. The average molecular weight is 357 g/mol. The molecule has 1 aliphatic rings. The number of carbonyl (C=O) groups excluding carboxylic acids is 2. The largest absolute Gasteiger partial charge is 0.462 e. The minimum absolute atomic E-state index is 0.0575. The molecule has 1 aromatic carbocycles. The molecule has 3 rings (SSSR count). The van der Waals surface area contributed by atoms with Crippen molar-refractivity contribution in [2.24, 2.45) is 0 Å². The standard InChI is InChI=1S/C21H24FNO3/c1-13(2)26-21(25)16-9-6-7-11-23-18(16)12-14(3)19(23)20(24)15-8-4-5-10-17(15)22/h4-5,8,10,12-13,16H,6-7,9,11H2,1-3H3. The highest BCUT2D eigenvalue weighted by molar-refractivity contribution is 6.09. The summed E-state index contributed by atoms with van der Waals surface area (Å²) in [4.78, 5) is 25.6. The second-order valence-electron chi connectivity index (χ2n) is 7.10. The molecular formula is C21H24FNO3. The van der Waals surface area contributed by atoms with Crippen LogP contribution in [0.4, 0.5) is 4.39 Å². The Morgan fingerprint density at radius 2 is 1.96 bits per heavy atom. The lowest BCUT2D eigenvalue weighted by Gasteiger charge is -2.18. The highest BCUT2D eigenvalue weighted by atomic mass is 19.1. The number of aromatic nitrogens is 1. The Morgan fingerprint density at radius 1 is 1.23 bits per heavy atom. The van der Waals surface area contributed by atoms with Crippen LogP contribution in [-0.4, -0.2) is 22.4 Å². The molecule has 1 unspecified atom stereocenters. The Hall–Kier alpha value is -2.43. The van der Waals surface area contributed by atoms with Crippen molar-refractivity contribution >= 4 is 11.8 Å². The lowest BCUT2D eigenvalue weighted by atomic mass is 9.99. The first-order chi connectivity index (χ1) is 12.4. The van der Waals surface area contributed by atoms with E-state index in [4.69, 9.17) is 4.74 Å². The van der Waals surface area contributed by atoms with E-state index in [2.05, 4.69) is 0 Å². The van der Waals surface area contributed by atoms with E-state index in [1.54, 1.807) is 12.1 Å². The third kappa shape index (κ3) is 3.43. The number of esters is 1. The third-order valence-electron chi connectivity index (χ3n) is 4.77. The van der Waals surface area contributed by atoms with Gasteiger partial charge in [-0.3, -0.25) is 9.59 Å². The highest BCUT2D eigenvalue weighted by Gasteiger charge is 2.32. The molecule has 1 atom stereocenters. The Kier molecular flexibility index (Phi) is 5.25. The van der Waals surface area contributed by atoms with E-state index < -0.39 is 5.82 Å². The molecule has 5 heteroatoms. The van der Waals surface area contributed by atoms with Crippen LogP contribution >= 0.6 is 0 Å². The van der Waals surface area contributed by atoms with Crippen LogP contribution in [0.1, 0.15) is 66.3 Å². The number of nitrogens with zero attached hydrogens (tertiary/aromatic N) is 1. The molecule has 0 amide bonds. The van der Waals surface area contributed by atoms with Gasteiger partial charge in [-0.05, 0) is 57.4 Å². The van der Waals surface area contributed by atoms with E-state index in [9.17, 15) is 14.0 Å². The van der Waals surface area contributed by atoms with Gasteiger partial charge in [0.25, 0.3) is 0 Å². The maximum Gasteiger partial charge on any atom is 0.315 e. The van der Waals surface area contributed by atoms with Gasteiger partial charge in [0, 0.05) is 12.2 Å². The van der Waals surface area contributed by atoms with Gasteiger partial charge in [-0.15, -0.1) is 0 Å². The van der Waals surface area contributed by atoms with Gasteiger partial charge < -0.3 is 9.30 Å². The summed E-state index contributed by atoms with van der Waals surface area (Å²) < 4.78 is 21.4. The first-order valence-corrected chi connectivity index (χ1v) is 9.10. The van der Waals surface area contributed by atoms with Gasteiger partial charge in [0.2, 0.25) is 5.78 Å². The number of hydrogen-bond donors (Lipinski definition) is 0. The summed E-state index contributed by atoms with van der Waals surface area (Å²) in [5.74, 6) is -1.52. The van der Waals surface area contributed by atoms with Crippen molar-refractivity contribution < 1.29 is 18.7 Å². The summed E-state index contributed by atoms with van der Waals surface area (Å²) in [6.45, 7) is 6.13. The molecular weight excluding hydrogens is 333 g/mol. The predicted molar refractivity (Wildman–Crippen MR) is 96.8 cm³/mol. The lowest BCUT2D eigenvalue weighted by molar-refractivity contribution is -0.149. The topological polar surface area (TPSA) is 48.3 Å².